The van der Waals surface area contributed by atoms with Crippen LogP contribution in [0.25, 0.3) is 0 Å². The Morgan fingerprint density at radius 1 is 1.48 bits per heavy atom. The van der Waals surface area contributed by atoms with Crippen molar-refractivity contribution in [3.8, 4) is 0 Å². The molecule has 6 nitrogen and oxygen atoms in total. The molecule has 0 saturated carbocycles. The average molecular weight is 378 g/mol. The van der Waals surface area contributed by atoms with E-state index >= 15 is 0 Å². The molecule has 1 amide bonds. The molecule has 0 aliphatic carbocycles. The normalized spacial score (nSPS) is 17.3. The van der Waals surface area contributed by atoms with Crippen molar-refractivity contribution in [1.82, 2.24) is 20.1 Å². The maximum absolute atomic E-state index is 12.0. The summed E-state index contributed by atoms with van der Waals surface area (Å²) in [6, 6.07) is 8.03. The summed E-state index contributed by atoms with van der Waals surface area (Å²) in [5.74, 6) is 0.967. The lowest BCUT2D eigenvalue weighted by atomic mass is 10.0. The van der Waals surface area contributed by atoms with E-state index in [4.69, 9.17) is 0 Å². The van der Waals surface area contributed by atoms with Gasteiger partial charge in [0.15, 0.2) is 0 Å². The highest BCUT2D eigenvalue weighted by molar-refractivity contribution is 9.10. The lowest BCUT2D eigenvalue weighted by molar-refractivity contribution is -0.116. The smallest absolute Gasteiger partial charge is 0.248 e. The van der Waals surface area contributed by atoms with Crippen LogP contribution in [0.15, 0.2) is 35.1 Å². The number of carbonyl (C=O) groups excluding carboxylic acids is 1. The molecule has 1 unspecified atom stereocenters. The standard InChI is InChI=1S/C16H20BrN5O/c17-14-3-1-2-13(8-14)10-22-11-19-16(21-22)20-15(23)5-4-12-6-7-18-9-12/h1-3,8,11-12,18H,4-7,9-10H2,(H,20,21,23). The first kappa shape index (κ1) is 16.1. The van der Waals surface area contributed by atoms with Crippen LogP contribution in [0, 0.1) is 5.92 Å². The maximum Gasteiger partial charge on any atom is 0.248 e. The van der Waals surface area contributed by atoms with E-state index in [0.717, 1.165) is 36.0 Å². The predicted molar refractivity (Wildman–Crippen MR) is 92.1 cm³/mol. The molecule has 2 aromatic rings. The third kappa shape index (κ3) is 4.87. The number of anilines is 1. The summed E-state index contributed by atoms with van der Waals surface area (Å²) in [4.78, 5) is 16.1. The minimum absolute atomic E-state index is 0.0166. The van der Waals surface area contributed by atoms with Crippen molar-refractivity contribution in [2.75, 3.05) is 18.4 Å². The summed E-state index contributed by atoms with van der Waals surface area (Å²) >= 11 is 3.45. The fraction of sp³-hybridized carbons (Fsp3) is 0.438. The summed E-state index contributed by atoms with van der Waals surface area (Å²) in [6.07, 6.45) is 4.23. The molecule has 0 radical (unpaired) electrons. The third-order valence-corrected chi connectivity index (χ3v) is 4.46. The van der Waals surface area contributed by atoms with Crippen LogP contribution in [0.3, 0.4) is 0 Å². The molecule has 1 aromatic carbocycles. The van der Waals surface area contributed by atoms with Crippen LogP contribution in [0.5, 0.6) is 0 Å². The van der Waals surface area contributed by atoms with Crippen LogP contribution in [-0.2, 0) is 11.3 Å². The number of halogens is 1. The predicted octanol–water partition coefficient (Wildman–Crippen LogP) is 2.42. The van der Waals surface area contributed by atoms with Gasteiger partial charge in [-0.15, -0.1) is 5.10 Å². The van der Waals surface area contributed by atoms with Crippen LogP contribution < -0.4 is 10.6 Å². The van der Waals surface area contributed by atoms with E-state index in [1.54, 1.807) is 11.0 Å². The Balaban J connectivity index is 1.49. The molecular weight excluding hydrogens is 358 g/mol. The minimum atomic E-state index is -0.0166. The van der Waals surface area contributed by atoms with Gasteiger partial charge in [0.25, 0.3) is 0 Å². The summed E-state index contributed by atoms with van der Waals surface area (Å²) < 4.78 is 2.75. The largest absolute Gasteiger partial charge is 0.316 e. The van der Waals surface area contributed by atoms with E-state index < -0.39 is 0 Å². The van der Waals surface area contributed by atoms with Crippen LogP contribution in [0.2, 0.25) is 0 Å². The fourth-order valence-electron chi connectivity index (χ4n) is 2.73. The second-order valence-electron chi connectivity index (χ2n) is 5.84. The summed E-state index contributed by atoms with van der Waals surface area (Å²) in [5.41, 5.74) is 1.12. The number of nitrogens with zero attached hydrogens (tertiary/aromatic N) is 3. The van der Waals surface area contributed by atoms with Crippen molar-refractivity contribution < 1.29 is 4.79 Å². The van der Waals surface area contributed by atoms with Crippen LogP contribution in [0.1, 0.15) is 24.8 Å². The molecule has 122 valence electrons. The fourth-order valence-corrected chi connectivity index (χ4v) is 3.18. The molecule has 0 bridgehead atoms. The molecule has 1 fully saturated rings. The van der Waals surface area contributed by atoms with Gasteiger partial charge in [0.2, 0.25) is 11.9 Å². The highest BCUT2D eigenvalue weighted by Crippen LogP contribution is 2.15. The minimum Gasteiger partial charge on any atom is -0.316 e. The zero-order valence-electron chi connectivity index (χ0n) is 12.8. The topological polar surface area (TPSA) is 71.8 Å². The molecule has 7 heteroatoms. The van der Waals surface area contributed by atoms with Crippen molar-refractivity contribution in [3.63, 3.8) is 0 Å². The molecule has 1 atom stereocenters. The van der Waals surface area contributed by atoms with Gasteiger partial charge < -0.3 is 5.32 Å². The number of carbonyl (C=O) groups is 1. The Hall–Kier alpha value is -1.73. The number of hydrogen-bond acceptors (Lipinski definition) is 4. The van der Waals surface area contributed by atoms with E-state index in [2.05, 4.69) is 36.6 Å². The van der Waals surface area contributed by atoms with Gasteiger partial charge >= 0.3 is 0 Å². The lowest BCUT2D eigenvalue weighted by Gasteiger charge is -2.06. The van der Waals surface area contributed by atoms with E-state index in [9.17, 15) is 4.79 Å². The number of aromatic nitrogens is 3. The molecule has 1 aliphatic heterocycles. The Morgan fingerprint density at radius 3 is 3.17 bits per heavy atom. The molecule has 23 heavy (non-hydrogen) atoms. The Morgan fingerprint density at radius 2 is 2.39 bits per heavy atom. The molecule has 1 saturated heterocycles. The van der Waals surface area contributed by atoms with Gasteiger partial charge in [-0.2, -0.15) is 0 Å². The van der Waals surface area contributed by atoms with Crippen LogP contribution in [0.4, 0.5) is 5.95 Å². The first-order valence-electron chi connectivity index (χ1n) is 7.83. The molecular formula is C16H20BrN5O. The number of rotatable bonds is 6. The van der Waals surface area contributed by atoms with E-state index in [-0.39, 0.29) is 5.91 Å². The first-order valence-corrected chi connectivity index (χ1v) is 8.63. The van der Waals surface area contributed by atoms with Gasteiger partial charge in [-0.05, 0) is 49.5 Å². The van der Waals surface area contributed by atoms with Crippen molar-refractivity contribution in [1.29, 1.82) is 0 Å². The van der Waals surface area contributed by atoms with Crippen LogP contribution in [-0.4, -0.2) is 33.8 Å². The lowest BCUT2D eigenvalue weighted by Crippen LogP contribution is -2.16. The number of nitrogens with one attached hydrogen (secondary N) is 2. The van der Waals surface area contributed by atoms with E-state index in [0.29, 0.717) is 24.8 Å². The van der Waals surface area contributed by atoms with Crippen molar-refractivity contribution in [3.05, 3.63) is 40.6 Å². The molecule has 3 rings (SSSR count). The monoisotopic (exact) mass is 377 g/mol. The highest BCUT2D eigenvalue weighted by Gasteiger charge is 2.16. The third-order valence-electron chi connectivity index (χ3n) is 3.96. The van der Waals surface area contributed by atoms with Crippen molar-refractivity contribution in [2.45, 2.75) is 25.8 Å². The average Bonchev–Trinajstić information content (AvgIpc) is 3.17. The summed E-state index contributed by atoms with van der Waals surface area (Å²) in [6.45, 7) is 2.71. The molecule has 2 heterocycles. The van der Waals surface area contributed by atoms with Crippen molar-refractivity contribution in [2.24, 2.45) is 5.92 Å². The number of benzene rings is 1. The first-order chi connectivity index (χ1) is 11.2. The number of amides is 1. The van der Waals surface area contributed by atoms with E-state index in [1.807, 2.05) is 24.3 Å². The SMILES string of the molecule is O=C(CCC1CCNC1)Nc1ncn(Cc2cccc(Br)c2)n1. The number of hydrogen-bond donors (Lipinski definition) is 2. The maximum atomic E-state index is 12.0. The molecule has 2 N–H and O–H groups in total. The Bertz CT molecular complexity index is 666. The zero-order chi connectivity index (χ0) is 16.1. The van der Waals surface area contributed by atoms with E-state index in [1.165, 1.54) is 0 Å². The van der Waals surface area contributed by atoms with Gasteiger partial charge in [-0.25, -0.2) is 9.67 Å². The van der Waals surface area contributed by atoms with Gasteiger partial charge in [-0.1, -0.05) is 28.1 Å². The quantitative estimate of drug-likeness (QED) is 0.810. The molecule has 1 aromatic heterocycles. The molecule has 1 aliphatic rings. The van der Waals surface area contributed by atoms with Crippen molar-refractivity contribution >= 4 is 27.8 Å². The van der Waals surface area contributed by atoms with Gasteiger partial charge in [0, 0.05) is 10.9 Å². The zero-order valence-corrected chi connectivity index (χ0v) is 14.4. The van der Waals surface area contributed by atoms with Crippen LogP contribution >= 0.6 is 15.9 Å². The Kier molecular flexibility index (Phi) is 5.40. The second-order valence-corrected chi connectivity index (χ2v) is 6.76. The second kappa shape index (κ2) is 7.70. The van der Waals surface area contributed by atoms with Gasteiger partial charge in [0.05, 0.1) is 6.54 Å². The van der Waals surface area contributed by atoms with Gasteiger partial charge in [-0.3, -0.25) is 10.1 Å². The molecule has 0 spiro atoms. The summed E-state index contributed by atoms with van der Waals surface area (Å²) in [5, 5.41) is 10.4. The Labute approximate surface area is 143 Å². The highest BCUT2D eigenvalue weighted by atomic mass is 79.9. The summed E-state index contributed by atoms with van der Waals surface area (Å²) in [7, 11) is 0. The van der Waals surface area contributed by atoms with Gasteiger partial charge in [0.1, 0.15) is 6.33 Å².